The zero-order valence-corrected chi connectivity index (χ0v) is 12.0. The highest BCUT2D eigenvalue weighted by Gasteiger charge is 2.33. The highest BCUT2D eigenvalue weighted by atomic mass is 16.1. The van der Waals surface area contributed by atoms with Crippen LogP contribution in [0.4, 0.5) is 0 Å². The van der Waals surface area contributed by atoms with E-state index in [1.54, 1.807) is 0 Å². The van der Waals surface area contributed by atoms with Gasteiger partial charge in [0.1, 0.15) is 0 Å². The molecular formula is C17H25NO. The molecule has 0 aromatic heterocycles. The van der Waals surface area contributed by atoms with Gasteiger partial charge in [-0.1, -0.05) is 50.5 Å². The summed E-state index contributed by atoms with van der Waals surface area (Å²) in [6, 6.07) is 8.05. The summed E-state index contributed by atoms with van der Waals surface area (Å²) in [5.41, 5.74) is 8.15. The van der Waals surface area contributed by atoms with Gasteiger partial charge in [0.2, 0.25) is 0 Å². The lowest BCUT2D eigenvalue weighted by Crippen LogP contribution is -2.35. The average Bonchev–Trinajstić information content (AvgIpc) is 2.48. The lowest BCUT2D eigenvalue weighted by Gasteiger charge is -2.35. The van der Waals surface area contributed by atoms with Gasteiger partial charge in [0.05, 0.1) is 0 Å². The second-order valence-corrected chi connectivity index (χ2v) is 5.92. The molecule has 0 heterocycles. The molecular weight excluding hydrogens is 234 g/mol. The lowest BCUT2D eigenvalue weighted by atomic mass is 9.70. The number of Topliss-reactive ketones (excluding diaryl/α,β-unsaturated/α-hetero) is 1. The second-order valence-electron chi connectivity index (χ2n) is 5.92. The summed E-state index contributed by atoms with van der Waals surface area (Å²) < 4.78 is 0. The van der Waals surface area contributed by atoms with E-state index >= 15 is 0 Å². The number of nitrogens with two attached hydrogens (primary N) is 1. The molecule has 0 amide bonds. The Labute approximate surface area is 116 Å². The number of benzene rings is 1. The maximum absolute atomic E-state index is 12.4. The molecule has 0 unspecified atom stereocenters. The highest BCUT2D eigenvalue weighted by Crippen LogP contribution is 2.39. The van der Waals surface area contributed by atoms with Crippen LogP contribution in [0.25, 0.3) is 0 Å². The molecule has 104 valence electrons. The van der Waals surface area contributed by atoms with Crippen LogP contribution in [-0.2, 0) is 6.42 Å². The monoisotopic (exact) mass is 259 g/mol. The Morgan fingerprint density at radius 1 is 1.16 bits per heavy atom. The lowest BCUT2D eigenvalue weighted by molar-refractivity contribution is 0.0868. The molecule has 1 fully saturated rings. The van der Waals surface area contributed by atoms with Crippen molar-refractivity contribution in [2.45, 2.75) is 51.9 Å². The van der Waals surface area contributed by atoms with Gasteiger partial charge >= 0.3 is 0 Å². The number of aryl methyl sites for hydroxylation is 1. The van der Waals surface area contributed by atoms with E-state index in [9.17, 15) is 4.79 Å². The molecule has 2 N–H and O–H groups in total. The van der Waals surface area contributed by atoms with Gasteiger partial charge in [-0.2, -0.15) is 0 Å². The summed E-state index contributed by atoms with van der Waals surface area (Å²) in [7, 11) is 0. The first-order valence-electron chi connectivity index (χ1n) is 7.51. The molecule has 2 rings (SSSR count). The number of hydrogen-bond donors (Lipinski definition) is 1. The van der Waals surface area contributed by atoms with Crippen molar-refractivity contribution >= 4 is 5.78 Å². The van der Waals surface area contributed by atoms with Crippen molar-refractivity contribution in [1.82, 2.24) is 0 Å². The van der Waals surface area contributed by atoms with Gasteiger partial charge in [-0.05, 0) is 36.8 Å². The minimum Gasteiger partial charge on any atom is -0.330 e. The zero-order chi connectivity index (χ0) is 13.7. The van der Waals surface area contributed by atoms with Crippen molar-refractivity contribution in [3.8, 4) is 0 Å². The summed E-state index contributed by atoms with van der Waals surface area (Å²) in [4.78, 5) is 12.4. The largest absolute Gasteiger partial charge is 0.330 e. The molecule has 2 nitrogen and oxygen atoms in total. The molecule has 0 bridgehead atoms. The van der Waals surface area contributed by atoms with E-state index in [1.165, 1.54) is 24.8 Å². The first-order chi connectivity index (χ1) is 9.19. The smallest absolute Gasteiger partial charge is 0.163 e. The fraction of sp³-hybridized carbons (Fsp3) is 0.588. The number of ketones is 1. The first-order valence-corrected chi connectivity index (χ1v) is 7.51. The van der Waals surface area contributed by atoms with Gasteiger partial charge in [-0.15, -0.1) is 0 Å². The van der Waals surface area contributed by atoms with E-state index in [0.29, 0.717) is 13.0 Å². The third-order valence-electron chi connectivity index (χ3n) is 4.57. The van der Waals surface area contributed by atoms with E-state index in [4.69, 9.17) is 5.73 Å². The van der Waals surface area contributed by atoms with Crippen LogP contribution in [0.5, 0.6) is 0 Å². The molecule has 1 aromatic carbocycles. The molecule has 19 heavy (non-hydrogen) atoms. The van der Waals surface area contributed by atoms with E-state index < -0.39 is 0 Å². The summed E-state index contributed by atoms with van der Waals surface area (Å²) in [5.74, 6) is 0.259. The third kappa shape index (κ3) is 3.44. The van der Waals surface area contributed by atoms with Crippen LogP contribution in [0.2, 0.25) is 0 Å². The summed E-state index contributed by atoms with van der Waals surface area (Å²) >= 11 is 0. The average molecular weight is 259 g/mol. The van der Waals surface area contributed by atoms with Crippen molar-refractivity contribution in [2.24, 2.45) is 11.1 Å². The van der Waals surface area contributed by atoms with Crippen LogP contribution >= 0.6 is 0 Å². The predicted octanol–water partition coefficient (Wildman–Crippen LogP) is 3.73. The zero-order valence-electron chi connectivity index (χ0n) is 12.0. The topological polar surface area (TPSA) is 43.1 Å². The molecule has 0 atom stereocenters. The molecule has 1 saturated carbocycles. The molecule has 2 heteroatoms. The van der Waals surface area contributed by atoms with Gasteiger partial charge in [0.25, 0.3) is 0 Å². The van der Waals surface area contributed by atoms with E-state index in [0.717, 1.165) is 24.8 Å². The van der Waals surface area contributed by atoms with Gasteiger partial charge in [0.15, 0.2) is 5.78 Å². The summed E-state index contributed by atoms with van der Waals surface area (Å²) in [6.07, 6.45) is 7.60. The number of hydrogen-bond acceptors (Lipinski definition) is 2. The molecule has 1 aliphatic carbocycles. The second kappa shape index (κ2) is 6.33. The maximum Gasteiger partial charge on any atom is 0.163 e. The van der Waals surface area contributed by atoms with Crippen molar-refractivity contribution in [3.63, 3.8) is 0 Å². The third-order valence-corrected chi connectivity index (χ3v) is 4.57. The first kappa shape index (κ1) is 14.3. The van der Waals surface area contributed by atoms with Gasteiger partial charge in [0, 0.05) is 12.0 Å². The Balaban J connectivity index is 2.06. The molecule has 0 radical (unpaired) electrons. The van der Waals surface area contributed by atoms with E-state index in [-0.39, 0.29) is 11.2 Å². The number of carbonyl (C=O) groups is 1. The Morgan fingerprint density at radius 2 is 1.79 bits per heavy atom. The fourth-order valence-electron chi connectivity index (χ4n) is 3.12. The predicted molar refractivity (Wildman–Crippen MR) is 79.3 cm³/mol. The number of carbonyl (C=O) groups excluding carboxylic acids is 1. The summed E-state index contributed by atoms with van der Waals surface area (Å²) in [6.45, 7) is 2.77. The maximum atomic E-state index is 12.4. The van der Waals surface area contributed by atoms with Gasteiger partial charge in [-0.3, -0.25) is 4.79 Å². The van der Waals surface area contributed by atoms with E-state index in [1.807, 2.05) is 12.1 Å². The van der Waals surface area contributed by atoms with Crippen LogP contribution in [0, 0.1) is 5.41 Å². The minimum atomic E-state index is 0.0682. The molecule has 0 aliphatic heterocycles. The van der Waals surface area contributed by atoms with Crippen LogP contribution in [0.1, 0.15) is 61.4 Å². The van der Waals surface area contributed by atoms with Crippen molar-refractivity contribution in [2.75, 3.05) is 6.54 Å². The quantitative estimate of drug-likeness (QED) is 0.819. The molecule has 0 spiro atoms. The Kier molecular flexibility index (Phi) is 4.76. The van der Waals surface area contributed by atoms with Crippen molar-refractivity contribution in [3.05, 3.63) is 35.4 Å². The SMILES string of the molecule is CCc1ccc(C(=O)CC2(CN)CCCCC2)cc1. The Hall–Kier alpha value is -1.15. The van der Waals surface area contributed by atoms with Crippen molar-refractivity contribution in [1.29, 1.82) is 0 Å². The summed E-state index contributed by atoms with van der Waals surface area (Å²) in [5, 5.41) is 0. The highest BCUT2D eigenvalue weighted by molar-refractivity contribution is 5.96. The van der Waals surface area contributed by atoms with Crippen LogP contribution in [0.3, 0.4) is 0 Å². The standard InChI is InChI=1S/C17H25NO/c1-2-14-6-8-15(9-7-14)16(19)12-17(13-18)10-4-3-5-11-17/h6-9H,2-5,10-13,18H2,1H3. The van der Waals surface area contributed by atoms with Crippen LogP contribution < -0.4 is 5.73 Å². The fourth-order valence-corrected chi connectivity index (χ4v) is 3.12. The molecule has 1 aliphatic rings. The van der Waals surface area contributed by atoms with Crippen molar-refractivity contribution < 1.29 is 4.79 Å². The van der Waals surface area contributed by atoms with Gasteiger partial charge in [-0.25, -0.2) is 0 Å². The molecule has 1 aromatic rings. The Morgan fingerprint density at radius 3 is 2.32 bits per heavy atom. The van der Waals surface area contributed by atoms with Gasteiger partial charge < -0.3 is 5.73 Å². The van der Waals surface area contributed by atoms with E-state index in [2.05, 4.69) is 19.1 Å². The molecule has 0 saturated heterocycles. The van der Waals surface area contributed by atoms with Crippen LogP contribution in [0.15, 0.2) is 24.3 Å². The normalized spacial score (nSPS) is 18.2. The Bertz CT molecular complexity index is 415. The number of rotatable bonds is 5. The van der Waals surface area contributed by atoms with Crippen LogP contribution in [-0.4, -0.2) is 12.3 Å². The minimum absolute atomic E-state index is 0.0682.